The molecule has 0 aromatic carbocycles. The first kappa shape index (κ1) is 20.8. The highest BCUT2D eigenvalue weighted by molar-refractivity contribution is 5.93. The molecular weight excluding hydrogens is 425 g/mol. The van der Waals surface area contributed by atoms with Gasteiger partial charge in [0.15, 0.2) is 11.6 Å². The molecule has 4 heterocycles. The van der Waals surface area contributed by atoms with Gasteiger partial charge in [-0.1, -0.05) is 0 Å². The molecule has 0 unspecified atom stereocenters. The van der Waals surface area contributed by atoms with Gasteiger partial charge in [-0.05, 0) is 32.0 Å². The second kappa shape index (κ2) is 7.51. The number of alkyl halides is 3. The fourth-order valence-corrected chi connectivity index (χ4v) is 4.11. The van der Waals surface area contributed by atoms with Crippen LogP contribution in [0.5, 0.6) is 5.75 Å². The second-order valence-corrected chi connectivity index (χ2v) is 8.53. The van der Waals surface area contributed by atoms with Gasteiger partial charge in [-0.25, -0.2) is 4.52 Å². The van der Waals surface area contributed by atoms with E-state index in [4.69, 9.17) is 4.74 Å². The number of amides is 1. The van der Waals surface area contributed by atoms with E-state index >= 15 is 0 Å². The number of aromatic nitrogens is 4. The zero-order chi connectivity index (χ0) is 22.6. The maximum atomic E-state index is 13.1. The molecule has 0 radical (unpaired) electrons. The summed E-state index contributed by atoms with van der Waals surface area (Å²) < 4.78 is 48.5. The van der Waals surface area contributed by atoms with Crippen LogP contribution in [0.4, 0.5) is 19.0 Å². The summed E-state index contributed by atoms with van der Waals surface area (Å²) in [6.45, 7) is -0.0967. The van der Waals surface area contributed by atoms with E-state index in [1.807, 2.05) is 12.1 Å². The highest BCUT2D eigenvalue weighted by Gasteiger charge is 2.53. The Morgan fingerprint density at radius 2 is 2.06 bits per heavy atom. The molecule has 170 valence electrons. The number of nitrogens with zero attached hydrogens (tertiary/aromatic N) is 5. The lowest BCUT2D eigenvalue weighted by Gasteiger charge is -2.46. The standard InChI is InChI=1S/C21H23F3N6O2/c1-28-10-15(21(22,23)24)16(28)11-32-17-9-25-29(2)19(17)13-5-6-30-14(7-13)8-18(27-30)26-20(31)12-3-4-12/h5-9,12,15-16H,3-4,10-11H2,1-2H3,(H,26,27,31)/t15-,16+/m1/s1. The van der Waals surface area contributed by atoms with Crippen LogP contribution in [0.2, 0.25) is 0 Å². The van der Waals surface area contributed by atoms with Crippen molar-refractivity contribution in [1.82, 2.24) is 24.3 Å². The fourth-order valence-electron chi connectivity index (χ4n) is 4.11. The highest BCUT2D eigenvalue weighted by atomic mass is 19.4. The van der Waals surface area contributed by atoms with Crippen LogP contribution in [0.25, 0.3) is 16.8 Å². The summed E-state index contributed by atoms with van der Waals surface area (Å²) in [4.78, 5) is 13.6. The number of carbonyl (C=O) groups excluding carboxylic acids is 1. The number of aryl methyl sites for hydroxylation is 1. The van der Waals surface area contributed by atoms with Crippen molar-refractivity contribution in [3.8, 4) is 17.0 Å². The van der Waals surface area contributed by atoms with Gasteiger partial charge in [0.2, 0.25) is 5.91 Å². The Balaban J connectivity index is 1.35. The number of anilines is 1. The number of hydrogen-bond donors (Lipinski definition) is 1. The maximum Gasteiger partial charge on any atom is 0.394 e. The third-order valence-corrected chi connectivity index (χ3v) is 6.19. The van der Waals surface area contributed by atoms with Crippen molar-refractivity contribution in [2.75, 3.05) is 25.5 Å². The van der Waals surface area contributed by atoms with Gasteiger partial charge in [-0.2, -0.15) is 23.4 Å². The molecule has 3 aromatic rings. The predicted octanol–water partition coefficient (Wildman–Crippen LogP) is 2.95. The van der Waals surface area contributed by atoms with Gasteiger partial charge in [-0.3, -0.25) is 14.4 Å². The van der Waals surface area contributed by atoms with Crippen molar-refractivity contribution >= 4 is 17.2 Å². The van der Waals surface area contributed by atoms with Crippen molar-refractivity contribution in [2.24, 2.45) is 18.9 Å². The Labute approximate surface area is 181 Å². The van der Waals surface area contributed by atoms with Crippen molar-refractivity contribution in [3.05, 3.63) is 30.6 Å². The van der Waals surface area contributed by atoms with Crippen molar-refractivity contribution in [3.63, 3.8) is 0 Å². The molecule has 0 bridgehead atoms. The van der Waals surface area contributed by atoms with Crippen molar-refractivity contribution in [2.45, 2.75) is 25.1 Å². The number of ether oxygens (including phenoxy) is 1. The molecule has 2 aliphatic rings. The van der Waals surface area contributed by atoms with E-state index in [1.54, 1.807) is 40.5 Å². The molecule has 0 spiro atoms. The minimum absolute atomic E-state index is 0.0189. The quantitative estimate of drug-likeness (QED) is 0.628. The Morgan fingerprint density at radius 3 is 2.75 bits per heavy atom. The molecule has 1 aliphatic carbocycles. The normalized spacial score (nSPS) is 21.5. The van der Waals surface area contributed by atoms with Gasteiger partial charge >= 0.3 is 6.18 Å². The Bertz CT molecular complexity index is 1170. The molecule has 32 heavy (non-hydrogen) atoms. The number of halogens is 3. The van der Waals surface area contributed by atoms with Crippen molar-refractivity contribution < 1.29 is 22.7 Å². The molecule has 2 fully saturated rings. The first-order chi connectivity index (χ1) is 15.2. The molecule has 1 N–H and O–H groups in total. The monoisotopic (exact) mass is 448 g/mol. The number of carbonyl (C=O) groups is 1. The third-order valence-electron chi connectivity index (χ3n) is 6.19. The number of likely N-dealkylation sites (tertiary alicyclic amines) is 1. The third kappa shape index (κ3) is 3.81. The predicted molar refractivity (Wildman–Crippen MR) is 110 cm³/mol. The van der Waals surface area contributed by atoms with E-state index in [0.29, 0.717) is 17.3 Å². The molecule has 1 saturated carbocycles. The van der Waals surface area contributed by atoms with Gasteiger partial charge in [0.1, 0.15) is 12.3 Å². The van der Waals surface area contributed by atoms with Gasteiger partial charge in [-0.15, -0.1) is 0 Å². The topological polar surface area (TPSA) is 76.7 Å². The lowest BCUT2D eigenvalue weighted by atomic mass is 9.89. The summed E-state index contributed by atoms with van der Waals surface area (Å²) in [5, 5.41) is 11.4. The lowest BCUT2D eigenvalue weighted by Crippen LogP contribution is -2.61. The van der Waals surface area contributed by atoms with Crippen LogP contribution in [0.3, 0.4) is 0 Å². The summed E-state index contributed by atoms with van der Waals surface area (Å²) >= 11 is 0. The summed E-state index contributed by atoms with van der Waals surface area (Å²) in [6.07, 6.45) is 0.851. The SMILES string of the molecule is CN1C[C@@H](C(F)(F)F)[C@@H]1COc1cnn(C)c1-c1ccn2nc(NC(=O)C3CC3)cc2c1. The number of fused-ring (bicyclic) bond motifs is 1. The minimum Gasteiger partial charge on any atom is -0.488 e. The average molecular weight is 448 g/mol. The van der Waals surface area contributed by atoms with E-state index in [-0.39, 0.29) is 25.0 Å². The first-order valence-corrected chi connectivity index (χ1v) is 10.4. The molecule has 1 aliphatic heterocycles. The van der Waals surface area contributed by atoms with Crippen LogP contribution in [-0.4, -0.2) is 62.6 Å². The zero-order valence-corrected chi connectivity index (χ0v) is 17.6. The Hall–Kier alpha value is -3.08. The summed E-state index contributed by atoms with van der Waals surface area (Å²) in [7, 11) is 3.41. The number of nitrogens with one attached hydrogen (secondary N) is 1. The number of likely N-dealkylation sites (N-methyl/N-ethyl adjacent to an activating group) is 1. The summed E-state index contributed by atoms with van der Waals surface area (Å²) in [5.41, 5.74) is 2.20. The number of hydrogen-bond acceptors (Lipinski definition) is 5. The van der Waals surface area contributed by atoms with Gasteiger partial charge < -0.3 is 10.1 Å². The number of pyridine rings is 1. The largest absolute Gasteiger partial charge is 0.488 e. The molecule has 2 atom stereocenters. The highest BCUT2D eigenvalue weighted by Crippen LogP contribution is 2.39. The van der Waals surface area contributed by atoms with Crippen LogP contribution in [0.1, 0.15) is 12.8 Å². The first-order valence-electron chi connectivity index (χ1n) is 10.4. The van der Waals surface area contributed by atoms with Crippen LogP contribution in [0.15, 0.2) is 30.6 Å². The van der Waals surface area contributed by atoms with Crippen LogP contribution in [-0.2, 0) is 11.8 Å². The van der Waals surface area contributed by atoms with Crippen LogP contribution >= 0.6 is 0 Å². The molecule has 3 aromatic heterocycles. The lowest BCUT2D eigenvalue weighted by molar-refractivity contribution is -0.230. The van der Waals surface area contributed by atoms with Gasteiger partial charge in [0, 0.05) is 37.3 Å². The second-order valence-electron chi connectivity index (χ2n) is 8.53. The average Bonchev–Trinajstić information content (AvgIpc) is 3.40. The zero-order valence-electron chi connectivity index (χ0n) is 17.6. The Kier molecular flexibility index (Phi) is 4.88. The molecule has 5 rings (SSSR count). The molecule has 8 nitrogen and oxygen atoms in total. The van der Waals surface area contributed by atoms with E-state index in [1.165, 1.54) is 6.20 Å². The molecular formula is C21H23F3N6O2. The van der Waals surface area contributed by atoms with Crippen molar-refractivity contribution in [1.29, 1.82) is 0 Å². The molecule has 1 amide bonds. The van der Waals surface area contributed by atoms with Crippen LogP contribution in [0, 0.1) is 11.8 Å². The van der Waals surface area contributed by atoms with E-state index in [2.05, 4.69) is 15.5 Å². The van der Waals surface area contributed by atoms with Gasteiger partial charge in [0.05, 0.1) is 23.7 Å². The molecule has 1 saturated heterocycles. The van der Waals surface area contributed by atoms with Gasteiger partial charge in [0.25, 0.3) is 0 Å². The minimum atomic E-state index is -4.24. The maximum absolute atomic E-state index is 13.1. The van der Waals surface area contributed by atoms with E-state index in [0.717, 1.165) is 23.9 Å². The summed E-state index contributed by atoms with van der Waals surface area (Å²) in [5.74, 6) is -0.433. The summed E-state index contributed by atoms with van der Waals surface area (Å²) in [6, 6.07) is 4.75. The van der Waals surface area contributed by atoms with E-state index in [9.17, 15) is 18.0 Å². The Morgan fingerprint density at radius 1 is 1.28 bits per heavy atom. The van der Waals surface area contributed by atoms with Crippen LogP contribution < -0.4 is 10.1 Å². The van der Waals surface area contributed by atoms with E-state index < -0.39 is 18.1 Å². The fraction of sp³-hybridized carbons (Fsp3) is 0.476. The smallest absolute Gasteiger partial charge is 0.394 e. The molecule has 11 heteroatoms. The number of rotatable bonds is 6.